The molecule has 0 saturated heterocycles. The number of nitrogens with two attached hydrogens (primary N) is 1. The van der Waals surface area contributed by atoms with Gasteiger partial charge < -0.3 is 15.8 Å². The fourth-order valence-electron chi connectivity index (χ4n) is 1.84. The normalized spacial score (nSPS) is 10.3. The number of hydrogen-bond donors (Lipinski definition) is 2. The minimum Gasteiger partial charge on any atom is -0.491 e. The number of nitrogens with one attached hydrogen (secondary N) is 1. The zero-order valence-corrected chi connectivity index (χ0v) is 12.5. The summed E-state index contributed by atoms with van der Waals surface area (Å²) in [6.45, 7) is 4.74. The van der Waals surface area contributed by atoms with Crippen LogP contribution in [0.15, 0.2) is 36.4 Å². The summed E-state index contributed by atoms with van der Waals surface area (Å²) in [6.07, 6.45) is 0.945. The summed E-state index contributed by atoms with van der Waals surface area (Å²) >= 11 is 6.18. The molecule has 0 aliphatic rings. The van der Waals surface area contributed by atoms with E-state index >= 15 is 0 Å². The SMILES string of the molecule is CCCOc1cc(Nc2cc(C)ccc2Cl)ccc1N. The Balaban J connectivity index is 2.22. The Morgan fingerprint density at radius 1 is 1.20 bits per heavy atom. The summed E-state index contributed by atoms with van der Waals surface area (Å²) in [6, 6.07) is 11.5. The average molecular weight is 291 g/mol. The molecule has 0 amide bonds. The van der Waals surface area contributed by atoms with E-state index in [2.05, 4.69) is 12.2 Å². The zero-order valence-electron chi connectivity index (χ0n) is 11.7. The standard InChI is InChI=1S/C16H19ClN2O/c1-3-8-20-16-10-12(5-7-14(16)18)19-15-9-11(2)4-6-13(15)17/h4-7,9-10,19H,3,8,18H2,1-2H3. The van der Waals surface area contributed by atoms with Crippen molar-refractivity contribution in [3.63, 3.8) is 0 Å². The Kier molecular flexibility index (Phi) is 4.74. The van der Waals surface area contributed by atoms with Crippen LogP contribution < -0.4 is 15.8 Å². The second-order valence-electron chi connectivity index (χ2n) is 4.71. The first-order valence-electron chi connectivity index (χ1n) is 6.65. The number of benzene rings is 2. The number of anilines is 3. The number of halogens is 1. The van der Waals surface area contributed by atoms with Gasteiger partial charge in [-0.2, -0.15) is 0 Å². The van der Waals surface area contributed by atoms with Gasteiger partial charge in [-0.1, -0.05) is 24.6 Å². The summed E-state index contributed by atoms with van der Waals surface area (Å²) < 4.78 is 5.62. The van der Waals surface area contributed by atoms with Crippen molar-refractivity contribution in [1.29, 1.82) is 0 Å². The predicted octanol–water partition coefficient (Wildman–Crippen LogP) is 4.76. The molecular formula is C16H19ClN2O. The second-order valence-corrected chi connectivity index (χ2v) is 5.12. The average Bonchev–Trinajstić information content (AvgIpc) is 2.43. The van der Waals surface area contributed by atoms with Gasteiger partial charge in [0.05, 0.1) is 23.0 Å². The number of rotatable bonds is 5. The van der Waals surface area contributed by atoms with Gasteiger partial charge >= 0.3 is 0 Å². The van der Waals surface area contributed by atoms with Crippen LogP contribution in [0.4, 0.5) is 17.1 Å². The highest BCUT2D eigenvalue weighted by Crippen LogP contribution is 2.30. The molecule has 0 radical (unpaired) electrons. The highest BCUT2D eigenvalue weighted by atomic mass is 35.5. The quantitative estimate of drug-likeness (QED) is 0.780. The minimum atomic E-state index is 0.638. The first kappa shape index (κ1) is 14.5. The summed E-state index contributed by atoms with van der Waals surface area (Å²) in [4.78, 5) is 0. The number of aryl methyl sites for hydroxylation is 1. The topological polar surface area (TPSA) is 47.3 Å². The smallest absolute Gasteiger partial charge is 0.144 e. The molecular weight excluding hydrogens is 272 g/mol. The predicted molar refractivity (Wildman–Crippen MR) is 86.1 cm³/mol. The van der Waals surface area contributed by atoms with E-state index in [1.54, 1.807) is 0 Å². The van der Waals surface area contributed by atoms with Crippen LogP contribution in [-0.2, 0) is 0 Å². The molecule has 20 heavy (non-hydrogen) atoms. The molecule has 0 heterocycles. The summed E-state index contributed by atoms with van der Waals surface area (Å²) in [5.74, 6) is 0.695. The van der Waals surface area contributed by atoms with Gasteiger partial charge in [0.25, 0.3) is 0 Å². The zero-order chi connectivity index (χ0) is 14.5. The van der Waals surface area contributed by atoms with Crippen molar-refractivity contribution in [2.75, 3.05) is 17.7 Å². The second kappa shape index (κ2) is 6.53. The molecule has 2 aromatic carbocycles. The lowest BCUT2D eigenvalue weighted by atomic mass is 10.2. The molecule has 0 bridgehead atoms. The van der Waals surface area contributed by atoms with Gasteiger partial charge in [-0.15, -0.1) is 0 Å². The molecule has 0 aromatic heterocycles. The van der Waals surface area contributed by atoms with E-state index < -0.39 is 0 Å². The van der Waals surface area contributed by atoms with E-state index in [-0.39, 0.29) is 0 Å². The van der Waals surface area contributed by atoms with Crippen molar-refractivity contribution in [1.82, 2.24) is 0 Å². The lowest BCUT2D eigenvalue weighted by Crippen LogP contribution is -2.00. The fourth-order valence-corrected chi connectivity index (χ4v) is 2.00. The number of nitrogen functional groups attached to an aromatic ring is 1. The van der Waals surface area contributed by atoms with Crippen molar-refractivity contribution in [2.24, 2.45) is 0 Å². The van der Waals surface area contributed by atoms with Crippen LogP contribution in [0.2, 0.25) is 5.02 Å². The van der Waals surface area contributed by atoms with Crippen molar-refractivity contribution < 1.29 is 4.74 Å². The largest absolute Gasteiger partial charge is 0.491 e. The van der Waals surface area contributed by atoms with Crippen molar-refractivity contribution in [3.8, 4) is 5.75 Å². The maximum absolute atomic E-state index is 6.18. The third kappa shape index (κ3) is 3.58. The van der Waals surface area contributed by atoms with Crippen molar-refractivity contribution in [2.45, 2.75) is 20.3 Å². The molecule has 106 valence electrons. The van der Waals surface area contributed by atoms with Gasteiger partial charge in [-0.25, -0.2) is 0 Å². The third-order valence-electron chi connectivity index (χ3n) is 2.88. The molecule has 4 heteroatoms. The van der Waals surface area contributed by atoms with Crippen LogP contribution in [0.3, 0.4) is 0 Å². The Bertz CT molecular complexity index is 599. The third-order valence-corrected chi connectivity index (χ3v) is 3.21. The van der Waals surface area contributed by atoms with E-state index in [4.69, 9.17) is 22.1 Å². The van der Waals surface area contributed by atoms with Gasteiger partial charge in [0.2, 0.25) is 0 Å². The molecule has 2 aromatic rings. The molecule has 3 N–H and O–H groups in total. The molecule has 3 nitrogen and oxygen atoms in total. The van der Waals surface area contributed by atoms with E-state index in [0.717, 1.165) is 23.4 Å². The Morgan fingerprint density at radius 3 is 2.75 bits per heavy atom. The van der Waals surface area contributed by atoms with Gasteiger partial charge in [-0.05, 0) is 43.2 Å². The van der Waals surface area contributed by atoms with Crippen molar-refractivity contribution in [3.05, 3.63) is 47.0 Å². The fraction of sp³-hybridized carbons (Fsp3) is 0.250. The molecule has 0 unspecified atom stereocenters. The van der Waals surface area contributed by atoms with Gasteiger partial charge in [0.15, 0.2) is 0 Å². The highest BCUT2D eigenvalue weighted by Gasteiger charge is 2.05. The van der Waals surface area contributed by atoms with E-state index in [0.29, 0.717) is 23.1 Å². The van der Waals surface area contributed by atoms with Crippen LogP contribution in [-0.4, -0.2) is 6.61 Å². The number of hydrogen-bond acceptors (Lipinski definition) is 3. The Labute approximate surface area is 124 Å². The van der Waals surface area contributed by atoms with Crippen LogP contribution in [0, 0.1) is 6.92 Å². The van der Waals surface area contributed by atoms with Gasteiger partial charge in [-0.3, -0.25) is 0 Å². The lowest BCUT2D eigenvalue weighted by molar-refractivity contribution is 0.319. The van der Waals surface area contributed by atoms with Gasteiger partial charge in [0.1, 0.15) is 5.75 Å². The summed E-state index contributed by atoms with van der Waals surface area (Å²) in [7, 11) is 0. The van der Waals surface area contributed by atoms with E-state index in [1.807, 2.05) is 43.3 Å². The van der Waals surface area contributed by atoms with Crippen LogP contribution in [0.5, 0.6) is 5.75 Å². The molecule has 0 aliphatic carbocycles. The first-order valence-corrected chi connectivity index (χ1v) is 7.03. The Morgan fingerprint density at radius 2 is 2.00 bits per heavy atom. The summed E-state index contributed by atoms with van der Waals surface area (Å²) in [5, 5.41) is 3.97. The first-order chi connectivity index (χ1) is 9.60. The number of ether oxygens (including phenoxy) is 1. The maximum Gasteiger partial charge on any atom is 0.144 e. The van der Waals surface area contributed by atoms with E-state index in [1.165, 1.54) is 0 Å². The van der Waals surface area contributed by atoms with Crippen molar-refractivity contribution >= 4 is 28.7 Å². The monoisotopic (exact) mass is 290 g/mol. The molecule has 2 rings (SSSR count). The van der Waals surface area contributed by atoms with E-state index in [9.17, 15) is 0 Å². The van der Waals surface area contributed by atoms with Crippen LogP contribution in [0.1, 0.15) is 18.9 Å². The Hall–Kier alpha value is -1.87. The molecule has 0 spiro atoms. The summed E-state index contributed by atoms with van der Waals surface area (Å²) in [5.41, 5.74) is 9.46. The van der Waals surface area contributed by atoms with Gasteiger partial charge in [0, 0.05) is 11.8 Å². The van der Waals surface area contributed by atoms with Crippen LogP contribution >= 0.6 is 11.6 Å². The van der Waals surface area contributed by atoms with Crippen LogP contribution in [0.25, 0.3) is 0 Å². The minimum absolute atomic E-state index is 0.638. The lowest BCUT2D eigenvalue weighted by Gasteiger charge is -2.13. The molecule has 0 atom stereocenters. The maximum atomic E-state index is 6.18. The highest BCUT2D eigenvalue weighted by molar-refractivity contribution is 6.33. The molecule has 0 fully saturated rings. The molecule has 0 aliphatic heterocycles. The molecule has 0 saturated carbocycles.